The minimum Gasteiger partial charge on any atom is -0.279 e. The second kappa shape index (κ2) is 4.33. The van der Waals surface area contributed by atoms with Crippen LogP contribution in [-0.2, 0) is 10.0 Å². The van der Waals surface area contributed by atoms with Crippen molar-refractivity contribution >= 4 is 10.0 Å². The fourth-order valence-corrected chi connectivity index (χ4v) is 4.20. The molecule has 2 heterocycles. The third-order valence-electron chi connectivity index (χ3n) is 3.92. The van der Waals surface area contributed by atoms with Gasteiger partial charge in [-0.2, -0.15) is 4.31 Å². The van der Waals surface area contributed by atoms with Crippen LogP contribution in [0.5, 0.6) is 0 Å². The maximum Gasteiger partial charge on any atom is 0.212 e. The van der Waals surface area contributed by atoms with Crippen molar-refractivity contribution in [3.8, 4) is 0 Å². The van der Waals surface area contributed by atoms with Crippen molar-refractivity contribution in [1.29, 1.82) is 0 Å². The summed E-state index contributed by atoms with van der Waals surface area (Å²) >= 11 is 0. The second-order valence-electron chi connectivity index (χ2n) is 5.15. The van der Waals surface area contributed by atoms with Gasteiger partial charge in [0.15, 0.2) is 0 Å². The summed E-state index contributed by atoms with van der Waals surface area (Å²) in [6, 6.07) is 10.3. The summed E-state index contributed by atoms with van der Waals surface area (Å²) in [6.45, 7) is 1.63. The van der Waals surface area contributed by atoms with E-state index in [1.165, 1.54) is 12.7 Å². The van der Waals surface area contributed by atoms with E-state index in [0.29, 0.717) is 12.6 Å². The van der Waals surface area contributed by atoms with E-state index in [9.17, 15) is 8.42 Å². The van der Waals surface area contributed by atoms with Crippen molar-refractivity contribution in [2.75, 3.05) is 19.3 Å². The smallest absolute Gasteiger partial charge is 0.212 e. The highest BCUT2D eigenvalue weighted by molar-refractivity contribution is 7.88. The highest BCUT2D eigenvalue weighted by Gasteiger charge is 2.46. The van der Waals surface area contributed by atoms with Crippen LogP contribution in [-0.4, -0.2) is 43.0 Å². The van der Waals surface area contributed by atoms with Crippen molar-refractivity contribution in [2.45, 2.75) is 25.0 Å². The Labute approximate surface area is 108 Å². The lowest BCUT2D eigenvalue weighted by molar-refractivity contribution is 0.198. The van der Waals surface area contributed by atoms with Gasteiger partial charge in [-0.3, -0.25) is 4.90 Å². The zero-order valence-electron chi connectivity index (χ0n) is 10.5. The molecule has 5 heteroatoms. The Kier molecular flexibility index (Phi) is 2.92. The Bertz CT molecular complexity index is 529. The third kappa shape index (κ3) is 1.96. The predicted octanol–water partition coefficient (Wildman–Crippen LogP) is 1.42. The van der Waals surface area contributed by atoms with Gasteiger partial charge in [-0.15, -0.1) is 0 Å². The van der Waals surface area contributed by atoms with Gasteiger partial charge in [0.1, 0.15) is 6.17 Å². The number of sulfonamides is 1. The van der Waals surface area contributed by atoms with Crippen LogP contribution in [0.2, 0.25) is 0 Å². The highest BCUT2D eigenvalue weighted by Crippen LogP contribution is 2.39. The van der Waals surface area contributed by atoms with Crippen molar-refractivity contribution in [3.05, 3.63) is 35.9 Å². The highest BCUT2D eigenvalue weighted by atomic mass is 32.2. The molecule has 98 valence electrons. The number of nitrogens with zero attached hydrogens (tertiary/aromatic N) is 2. The van der Waals surface area contributed by atoms with Crippen LogP contribution in [0, 0.1) is 0 Å². The molecule has 0 aliphatic carbocycles. The maximum absolute atomic E-state index is 11.9. The molecule has 0 spiro atoms. The molecule has 4 nitrogen and oxygen atoms in total. The zero-order valence-corrected chi connectivity index (χ0v) is 11.3. The Morgan fingerprint density at radius 2 is 1.94 bits per heavy atom. The number of hydrogen-bond acceptors (Lipinski definition) is 3. The first-order chi connectivity index (χ1) is 8.57. The molecule has 2 unspecified atom stereocenters. The normalized spacial score (nSPS) is 29.6. The van der Waals surface area contributed by atoms with Crippen molar-refractivity contribution in [2.24, 2.45) is 0 Å². The van der Waals surface area contributed by atoms with Gasteiger partial charge in [0.25, 0.3) is 0 Å². The van der Waals surface area contributed by atoms with Crippen molar-refractivity contribution in [3.63, 3.8) is 0 Å². The lowest BCUT2D eigenvalue weighted by atomic mass is 10.1. The van der Waals surface area contributed by atoms with E-state index in [1.807, 2.05) is 30.3 Å². The fraction of sp³-hybridized carbons (Fsp3) is 0.538. The molecule has 2 atom stereocenters. The molecular weight excluding hydrogens is 248 g/mol. The summed E-state index contributed by atoms with van der Waals surface area (Å²) < 4.78 is 25.5. The number of benzene rings is 1. The van der Waals surface area contributed by atoms with E-state index in [0.717, 1.165) is 18.5 Å². The fourth-order valence-electron chi connectivity index (χ4n) is 3.15. The first-order valence-corrected chi connectivity index (χ1v) is 8.20. The molecule has 0 amide bonds. The van der Waals surface area contributed by atoms with E-state index in [-0.39, 0.29) is 6.17 Å². The molecule has 0 saturated carbocycles. The molecule has 2 aliphatic heterocycles. The molecule has 2 aliphatic rings. The van der Waals surface area contributed by atoms with Gasteiger partial charge in [0.05, 0.1) is 6.26 Å². The SMILES string of the molecule is CS(=O)(=O)N1CC2CCCN2C1c1ccccc1. The quantitative estimate of drug-likeness (QED) is 0.813. The van der Waals surface area contributed by atoms with Gasteiger partial charge in [0.2, 0.25) is 10.0 Å². The molecule has 18 heavy (non-hydrogen) atoms. The van der Waals surface area contributed by atoms with E-state index in [4.69, 9.17) is 0 Å². The molecule has 2 fully saturated rings. The standard InChI is InChI=1S/C13H18N2O2S/c1-18(16,17)15-10-12-8-5-9-14(12)13(15)11-6-3-2-4-7-11/h2-4,6-7,12-13H,5,8-10H2,1H3. The number of hydrogen-bond donors (Lipinski definition) is 0. The number of fused-ring (bicyclic) bond motifs is 1. The van der Waals surface area contributed by atoms with Crippen molar-refractivity contribution in [1.82, 2.24) is 9.21 Å². The van der Waals surface area contributed by atoms with Crippen LogP contribution < -0.4 is 0 Å². The summed E-state index contributed by atoms with van der Waals surface area (Å²) in [5, 5.41) is 0. The Hall–Kier alpha value is -0.910. The average molecular weight is 266 g/mol. The van der Waals surface area contributed by atoms with E-state index >= 15 is 0 Å². The lowest BCUT2D eigenvalue weighted by Gasteiger charge is -2.28. The summed E-state index contributed by atoms with van der Waals surface area (Å²) in [4.78, 5) is 2.33. The van der Waals surface area contributed by atoms with Gasteiger partial charge < -0.3 is 0 Å². The van der Waals surface area contributed by atoms with Gasteiger partial charge >= 0.3 is 0 Å². The Morgan fingerprint density at radius 1 is 1.22 bits per heavy atom. The first-order valence-electron chi connectivity index (χ1n) is 6.35. The predicted molar refractivity (Wildman–Crippen MR) is 70.5 cm³/mol. The average Bonchev–Trinajstić information content (AvgIpc) is 2.88. The molecule has 3 rings (SSSR count). The first kappa shape index (κ1) is 12.1. The monoisotopic (exact) mass is 266 g/mol. The molecule has 1 aromatic carbocycles. The van der Waals surface area contributed by atoms with Crippen LogP contribution in [0.25, 0.3) is 0 Å². The van der Waals surface area contributed by atoms with Crippen LogP contribution in [0.15, 0.2) is 30.3 Å². The van der Waals surface area contributed by atoms with Gasteiger partial charge in [-0.1, -0.05) is 30.3 Å². The van der Waals surface area contributed by atoms with E-state index in [2.05, 4.69) is 4.90 Å². The van der Waals surface area contributed by atoms with Crippen LogP contribution >= 0.6 is 0 Å². The van der Waals surface area contributed by atoms with Gasteiger partial charge in [0, 0.05) is 19.1 Å². The van der Waals surface area contributed by atoms with Gasteiger partial charge in [-0.05, 0) is 18.4 Å². The molecular formula is C13H18N2O2S. The zero-order chi connectivity index (χ0) is 12.8. The largest absolute Gasteiger partial charge is 0.279 e. The topological polar surface area (TPSA) is 40.6 Å². The number of rotatable bonds is 2. The van der Waals surface area contributed by atoms with Crippen LogP contribution in [0.3, 0.4) is 0 Å². The van der Waals surface area contributed by atoms with Crippen LogP contribution in [0.1, 0.15) is 24.6 Å². The molecule has 0 bridgehead atoms. The summed E-state index contributed by atoms with van der Waals surface area (Å²) in [7, 11) is -3.15. The van der Waals surface area contributed by atoms with Crippen LogP contribution in [0.4, 0.5) is 0 Å². The third-order valence-corrected chi connectivity index (χ3v) is 5.12. The van der Waals surface area contributed by atoms with E-state index in [1.54, 1.807) is 4.31 Å². The maximum atomic E-state index is 11.9. The second-order valence-corrected chi connectivity index (χ2v) is 7.09. The summed E-state index contributed by atoms with van der Waals surface area (Å²) in [5.41, 5.74) is 1.08. The Morgan fingerprint density at radius 3 is 2.61 bits per heavy atom. The molecule has 2 saturated heterocycles. The summed E-state index contributed by atoms with van der Waals surface area (Å²) in [6.07, 6.45) is 3.49. The van der Waals surface area contributed by atoms with Gasteiger partial charge in [-0.25, -0.2) is 8.42 Å². The Balaban J connectivity index is 2.01. The summed E-state index contributed by atoms with van der Waals surface area (Å²) in [5.74, 6) is 0. The van der Waals surface area contributed by atoms with E-state index < -0.39 is 10.0 Å². The molecule has 0 aromatic heterocycles. The molecule has 1 aromatic rings. The molecule has 0 radical (unpaired) electrons. The lowest BCUT2D eigenvalue weighted by Crippen LogP contribution is -2.34. The minimum absolute atomic E-state index is 0.103. The minimum atomic E-state index is -3.15. The van der Waals surface area contributed by atoms with Crippen molar-refractivity contribution < 1.29 is 8.42 Å². The molecule has 0 N–H and O–H groups in total.